The Kier molecular flexibility index (Phi) is 3.50. The van der Waals surface area contributed by atoms with Crippen LogP contribution in [-0.2, 0) is 6.54 Å². The highest BCUT2D eigenvalue weighted by molar-refractivity contribution is 5.93. The summed E-state index contributed by atoms with van der Waals surface area (Å²) in [4.78, 5) is 17.1. The van der Waals surface area contributed by atoms with Crippen molar-refractivity contribution >= 4 is 22.3 Å². The Balaban J connectivity index is 2.09. The number of aromatic nitrogens is 1. The van der Waals surface area contributed by atoms with Crippen LogP contribution in [0.5, 0.6) is 0 Å². The summed E-state index contributed by atoms with van der Waals surface area (Å²) in [6.07, 6.45) is 1.63. The van der Waals surface area contributed by atoms with Gasteiger partial charge in [0.2, 0.25) is 0 Å². The van der Waals surface area contributed by atoms with Crippen molar-refractivity contribution in [1.82, 2.24) is 4.98 Å². The van der Waals surface area contributed by atoms with Gasteiger partial charge in [-0.1, -0.05) is 0 Å². The maximum atomic E-state index is 11.0. The molecular weight excluding hydrogens is 282 g/mol. The number of nitro groups is 1. The van der Waals surface area contributed by atoms with Gasteiger partial charge in [0.25, 0.3) is 5.69 Å². The van der Waals surface area contributed by atoms with E-state index in [1.165, 1.54) is 6.07 Å². The highest BCUT2D eigenvalue weighted by Gasteiger charge is 2.14. The van der Waals surface area contributed by atoms with Crippen LogP contribution >= 0.6 is 0 Å². The first-order valence-electron chi connectivity index (χ1n) is 6.84. The molecule has 0 aliphatic rings. The van der Waals surface area contributed by atoms with Crippen molar-refractivity contribution in [3.63, 3.8) is 0 Å². The Hall–Kier alpha value is -2.89. The first-order valence-corrected chi connectivity index (χ1v) is 6.84. The Bertz CT molecular complexity index is 828. The molecule has 2 heterocycles. The van der Waals surface area contributed by atoms with Gasteiger partial charge in [0.05, 0.1) is 23.2 Å². The Morgan fingerprint density at radius 3 is 2.82 bits per heavy atom. The second kappa shape index (κ2) is 5.48. The Labute approximate surface area is 127 Å². The van der Waals surface area contributed by atoms with Crippen molar-refractivity contribution in [2.24, 2.45) is 0 Å². The van der Waals surface area contributed by atoms with E-state index in [0.29, 0.717) is 6.54 Å². The highest BCUT2D eigenvalue weighted by Crippen LogP contribution is 2.30. The second-order valence-corrected chi connectivity index (χ2v) is 5.18. The van der Waals surface area contributed by atoms with Crippen molar-refractivity contribution < 1.29 is 9.34 Å². The summed E-state index contributed by atoms with van der Waals surface area (Å²) in [7, 11) is 1.93. The minimum Gasteiger partial charge on any atom is -0.467 e. The zero-order valence-electron chi connectivity index (χ0n) is 12.3. The van der Waals surface area contributed by atoms with Crippen LogP contribution in [-0.4, -0.2) is 17.0 Å². The van der Waals surface area contributed by atoms with Crippen LogP contribution in [0.3, 0.4) is 0 Å². The molecule has 6 nitrogen and oxygen atoms in total. The normalized spacial score (nSPS) is 10.8. The zero-order valence-corrected chi connectivity index (χ0v) is 12.3. The molecule has 0 atom stereocenters. The summed E-state index contributed by atoms with van der Waals surface area (Å²) in [5, 5.41) is 11.8. The number of non-ortho nitro benzene ring substituents is 1. The smallest absolute Gasteiger partial charge is 0.270 e. The molecule has 0 unspecified atom stereocenters. The number of furan rings is 1. The molecule has 0 aliphatic heterocycles. The predicted octanol–water partition coefficient (Wildman–Crippen LogP) is 3.68. The average molecular weight is 297 g/mol. The standard InChI is InChI=1S/C16H15N3O3/c1-11-8-16(18(2)10-13-4-3-7-22-13)14-9-12(19(20)21)5-6-15(14)17-11/h3-9H,10H2,1-2H3. The average Bonchev–Trinajstić information content (AvgIpc) is 2.98. The molecule has 112 valence electrons. The van der Waals surface area contributed by atoms with E-state index in [0.717, 1.165) is 28.0 Å². The lowest BCUT2D eigenvalue weighted by molar-refractivity contribution is -0.384. The van der Waals surface area contributed by atoms with Crippen LogP contribution < -0.4 is 4.90 Å². The summed E-state index contributed by atoms with van der Waals surface area (Å²) < 4.78 is 5.36. The third kappa shape index (κ3) is 2.63. The van der Waals surface area contributed by atoms with Crippen molar-refractivity contribution in [2.45, 2.75) is 13.5 Å². The molecule has 0 N–H and O–H groups in total. The van der Waals surface area contributed by atoms with Crippen LogP contribution in [0, 0.1) is 17.0 Å². The highest BCUT2D eigenvalue weighted by atomic mass is 16.6. The third-order valence-corrected chi connectivity index (χ3v) is 3.49. The van der Waals surface area contributed by atoms with E-state index in [-0.39, 0.29) is 5.69 Å². The molecule has 0 saturated heterocycles. The van der Waals surface area contributed by atoms with Crippen molar-refractivity contribution in [1.29, 1.82) is 0 Å². The lowest BCUT2D eigenvalue weighted by Gasteiger charge is -2.20. The van der Waals surface area contributed by atoms with E-state index >= 15 is 0 Å². The molecule has 0 spiro atoms. The van der Waals surface area contributed by atoms with Crippen LogP contribution in [0.15, 0.2) is 47.1 Å². The molecule has 0 bridgehead atoms. The molecule has 0 radical (unpaired) electrons. The molecule has 6 heteroatoms. The van der Waals surface area contributed by atoms with Crippen molar-refractivity contribution in [2.75, 3.05) is 11.9 Å². The molecule has 1 aromatic carbocycles. The van der Waals surface area contributed by atoms with Gasteiger partial charge in [-0.15, -0.1) is 0 Å². The van der Waals surface area contributed by atoms with Crippen LogP contribution in [0.4, 0.5) is 11.4 Å². The largest absolute Gasteiger partial charge is 0.467 e. The predicted molar refractivity (Wildman–Crippen MR) is 83.9 cm³/mol. The number of nitrogens with zero attached hydrogens (tertiary/aromatic N) is 3. The van der Waals surface area contributed by atoms with E-state index in [1.807, 2.05) is 37.1 Å². The molecule has 3 rings (SSSR count). The molecule has 2 aromatic heterocycles. The lowest BCUT2D eigenvalue weighted by Crippen LogP contribution is -2.16. The van der Waals surface area contributed by atoms with Gasteiger partial charge in [-0.05, 0) is 31.2 Å². The molecule has 22 heavy (non-hydrogen) atoms. The van der Waals surface area contributed by atoms with Gasteiger partial charge in [-0.3, -0.25) is 15.1 Å². The number of pyridine rings is 1. The number of benzene rings is 1. The molecule has 0 amide bonds. The fourth-order valence-electron chi connectivity index (χ4n) is 2.48. The first-order chi connectivity index (χ1) is 10.5. The quantitative estimate of drug-likeness (QED) is 0.542. The monoisotopic (exact) mass is 297 g/mol. The SMILES string of the molecule is Cc1cc(N(C)Cc2ccco2)c2cc([N+](=O)[O-])ccc2n1. The Morgan fingerprint density at radius 2 is 2.14 bits per heavy atom. The maximum Gasteiger partial charge on any atom is 0.270 e. The maximum absolute atomic E-state index is 11.0. The van der Waals surface area contributed by atoms with Gasteiger partial charge in [0.1, 0.15) is 5.76 Å². The number of aryl methyl sites for hydroxylation is 1. The second-order valence-electron chi connectivity index (χ2n) is 5.18. The number of nitro benzene ring substituents is 1. The lowest BCUT2D eigenvalue weighted by atomic mass is 10.1. The summed E-state index contributed by atoms with van der Waals surface area (Å²) in [6.45, 7) is 2.49. The van der Waals surface area contributed by atoms with Crippen molar-refractivity contribution in [3.05, 3.63) is 64.2 Å². The fourth-order valence-corrected chi connectivity index (χ4v) is 2.48. The van der Waals surface area contributed by atoms with Gasteiger partial charge in [-0.25, -0.2) is 0 Å². The molecular formula is C16H15N3O3. The van der Waals surface area contributed by atoms with Gasteiger partial charge in [-0.2, -0.15) is 0 Å². The number of anilines is 1. The summed E-state index contributed by atoms with van der Waals surface area (Å²) >= 11 is 0. The summed E-state index contributed by atoms with van der Waals surface area (Å²) in [5.41, 5.74) is 2.56. The molecule has 0 saturated carbocycles. The molecule has 3 aromatic rings. The number of hydrogen-bond acceptors (Lipinski definition) is 5. The Morgan fingerprint density at radius 1 is 1.32 bits per heavy atom. The number of hydrogen-bond donors (Lipinski definition) is 0. The van der Waals surface area contributed by atoms with Crippen LogP contribution in [0.2, 0.25) is 0 Å². The number of fused-ring (bicyclic) bond motifs is 1. The topological polar surface area (TPSA) is 72.4 Å². The van der Waals surface area contributed by atoms with Gasteiger partial charge >= 0.3 is 0 Å². The van der Waals surface area contributed by atoms with E-state index < -0.39 is 4.92 Å². The van der Waals surface area contributed by atoms with Crippen LogP contribution in [0.1, 0.15) is 11.5 Å². The minimum absolute atomic E-state index is 0.0609. The molecule has 0 aliphatic carbocycles. The van der Waals surface area contributed by atoms with E-state index in [2.05, 4.69) is 4.98 Å². The van der Waals surface area contributed by atoms with E-state index in [4.69, 9.17) is 4.42 Å². The van der Waals surface area contributed by atoms with Crippen molar-refractivity contribution in [3.8, 4) is 0 Å². The third-order valence-electron chi connectivity index (χ3n) is 3.49. The van der Waals surface area contributed by atoms with E-state index in [9.17, 15) is 10.1 Å². The first kappa shape index (κ1) is 14.1. The van der Waals surface area contributed by atoms with E-state index in [1.54, 1.807) is 18.4 Å². The van der Waals surface area contributed by atoms with Crippen LogP contribution in [0.25, 0.3) is 10.9 Å². The fraction of sp³-hybridized carbons (Fsp3) is 0.188. The molecule has 0 fully saturated rings. The summed E-state index contributed by atoms with van der Waals surface area (Å²) in [6, 6.07) is 10.4. The summed E-state index contributed by atoms with van der Waals surface area (Å²) in [5.74, 6) is 0.829. The number of rotatable bonds is 4. The van der Waals surface area contributed by atoms with Gasteiger partial charge in [0, 0.05) is 35.9 Å². The minimum atomic E-state index is -0.393. The zero-order chi connectivity index (χ0) is 15.7. The van der Waals surface area contributed by atoms with Gasteiger partial charge < -0.3 is 9.32 Å². The van der Waals surface area contributed by atoms with Gasteiger partial charge in [0.15, 0.2) is 0 Å².